The largest absolute Gasteiger partial charge is 0.324 e. The molecule has 1 aromatic heterocycles. The van der Waals surface area contributed by atoms with E-state index >= 15 is 0 Å². The number of imidazole rings is 1. The number of nitrogens with zero attached hydrogens (tertiary/aromatic N) is 4. The fraction of sp³-hybridized carbons (Fsp3) is 0.185. The summed E-state index contributed by atoms with van der Waals surface area (Å²) in [6.07, 6.45) is 5.68. The van der Waals surface area contributed by atoms with Crippen molar-refractivity contribution in [1.29, 1.82) is 0 Å². The average Bonchev–Trinajstić information content (AvgIpc) is 3.39. The highest BCUT2D eigenvalue weighted by atomic mass is 16.2. The van der Waals surface area contributed by atoms with Gasteiger partial charge in [-0.3, -0.25) is 4.90 Å². The number of benzene rings is 3. The molecule has 0 saturated heterocycles. The molecule has 2 unspecified atom stereocenters. The van der Waals surface area contributed by atoms with Crippen LogP contribution < -0.4 is 4.90 Å². The summed E-state index contributed by atoms with van der Waals surface area (Å²) in [7, 11) is 3.71. The highest BCUT2D eigenvalue weighted by molar-refractivity contribution is 5.95. The lowest BCUT2D eigenvalue weighted by molar-refractivity contribution is 0.202. The Bertz CT molecular complexity index is 1240. The summed E-state index contributed by atoms with van der Waals surface area (Å²) in [5, 5.41) is 0. The van der Waals surface area contributed by atoms with E-state index in [0.29, 0.717) is 0 Å². The number of aromatic nitrogens is 2. The third-order valence-electron chi connectivity index (χ3n) is 6.69. The Hall–Kier alpha value is -3.86. The van der Waals surface area contributed by atoms with E-state index in [1.54, 1.807) is 4.90 Å². The number of hydrogen-bond donors (Lipinski definition) is 0. The molecule has 5 nitrogen and oxygen atoms in total. The number of anilines is 1. The molecule has 32 heavy (non-hydrogen) atoms. The van der Waals surface area contributed by atoms with Gasteiger partial charge in [0, 0.05) is 32.1 Å². The summed E-state index contributed by atoms with van der Waals surface area (Å²) >= 11 is 0. The number of fused-ring (bicyclic) bond motifs is 1. The molecule has 2 heterocycles. The van der Waals surface area contributed by atoms with Crippen LogP contribution in [0.3, 0.4) is 0 Å². The van der Waals surface area contributed by atoms with Crippen LogP contribution >= 0.6 is 0 Å². The molecule has 2 atom stereocenters. The predicted octanol–water partition coefficient (Wildman–Crippen LogP) is 5.29. The van der Waals surface area contributed by atoms with E-state index in [1.807, 2.05) is 62.0 Å². The Morgan fingerprint density at radius 3 is 2.22 bits per heavy atom. The second-order valence-corrected chi connectivity index (χ2v) is 8.45. The molecule has 0 aliphatic carbocycles. The summed E-state index contributed by atoms with van der Waals surface area (Å²) < 4.78 is 2.14. The first-order valence-electron chi connectivity index (χ1n) is 10.8. The monoisotopic (exact) mass is 422 g/mol. The van der Waals surface area contributed by atoms with Crippen LogP contribution in [0.1, 0.15) is 35.2 Å². The third kappa shape index (κ3) is 3.01. The van der Waals surface area contributed by atoms with Crippen molar-refractivity contribution in [3.8, 4) is 0 Å². The van der Waals surface area contributed by atoms with Crippen LogP contribution in [0, 0.1) is 0 Å². The molecule has 0 N–H and O–H groups in total. The van der Waals surface area contributed by atoms with Crippen molar-refractivity contribution in [1.82, 2.24) is 14.5 Å². The maximum Gasteiger partial charge on any atom is 0.324 e. The van der Waals surface area contributed by atoms with Crippen LogP contribution in [0.25, 0.3) is 0 Å². The Morgan fingerprint density at radius 1 is 0.875 bits per heavy atom. The van der Waals surface area contributed by atoms with E-state index in [4.69, 9.17) is 0 Å². The Morgan fingerprint density at radius 2 is 1.56 bits per heavy atom. The van der Waals surface area contributed by atoms with Gasteiger partial charge in [-0.25, -0.2) is 9.78 Å². The van der Waals surface area contributed by atoms with Crippen LogP contribution in [-0.2, 0) is 5.54 Å². The zero-order chi connectivity index (χ0) is 22.3. The van der Waals surface area contributed by atoms with Gasteiger partial charge in [-0.15, -0.1) is 0 Å². The molecule has 2 amide bonds. The molecule has 0 bridgehead atoms. The zero-order valence-electron chi connectivity index (χ0n) is 18.5. The van der Waals surface area contributed by atoms with Gasteiger partial charge in [-0.2, -0.15) is 0 Å². The van der Waals surface area contributed by atoms with Crippen LogP contribution in [0.5, 0.6) is 0 Å². The van der Waals surface area contributed by atoms with Crippen molar-refractivity contribution in [3.05, 3.63) is 120 Å². The van der Waals surface area contributed by atoms with Gasteiger partial charge in [0.2, 0.25) is 0 Å². The first-order valence-corrected chi connectivity index (χ1v) is 10.8. The minimum atomic E-state index is -0.452. The summed E-state index contributed by atoms with van der Waals surface area (Å²) in [6.45, 7) is 2.21. The Labute approximate surface area is 188 Å². The van der Waals surface area contributed by atoms with E-state index < -0.39 is 5.54 Å². The highest BCUT2D eigenvalue weighted by Gasteiger charge is 2.37. The van der Waals surface area contributed by atoms with Crippen LogP contribution in [-0.4, -0.2) is 34.6 Å². The molecule has 160 valence electrons. The van der Waals surface area contributed by atoms with Crippen molar-refractivity contribution in [2.45, 2.75) is 18.5 Å². The van der Waals surface area contributed by atoms with Gasteiger partial charge in [0.15, 0.2) is 0 Å². The lowest BCUT2D eigenvalue weighted by atomic mass is 9.81. The van der Waals surface area contributed by atoms with Gasteiger partial charge in [-0.05, 0) is 35.7 Å². The van der Waals surface area contributed by atoms with Crippen LogP contribution in [0.15, 0.2) is 97.6 Å². The molecule has 4 aromatic rings. The summed E-state index contributed by atoms with van der Waals surface area (Å²) in [4.78, 5) is 20.9. The molecule has 5 rings (SSSR count). The van der Waals surface area contributed by atoms with Crippen molar-refractivity contribution >= 4 is 11.7 Å². The van der Waals surface area contributed by atoms with Gasteiger partial charge in [0.1, 0.15) is 0 Å². The summed E-state index contributed by atoms with van der Waals surface area (Å²) in [5.41, 5.74) is 5.00. The average molecular weight is 423 g/mol. The molecule has 3 aromatic carbocycles. The maximum absolute atomic E-state index is 13.0. The van der Waals surface area contributed by atoms with Crippen molar-refractivity contribution in [2.24, 2.45) is 0 Å². The second kappa shape index (κ2) is 7.68. The maximum atomic E-state index is 13.0. The van der Waals surface area contributed by atoms with Gasteiger partial charge < -0.3 is 9.47 Å². The number of carbonyl (C=O) groups excluding carboxylic acids is 1. The lowest BCUT2D eigenvalue weighted by Crippen LogP contribution is -2.46. The van der Waals surface area contributed by atoms with E-state index in [9.17, 15) is 4.79 Å². The smallest absolute Gasteiger partial charge is 0.323 e. The first kappa shape index (κ1) is 20.1. The van der Waals surface area contributed by atoms with Gasteiger partial charge in [-0.1, -0.05) is 66.7 Å². The van der Waals surface area contributed by atoms with Crippen molar-refractivity contribution < 1.29 is 4.79 Å². The molecule has 0 saturated carbocycles. The minimum absolute atomic E-state index is 0.0143. The van der Waals surface area contributed by atoms with E-state index in [-0.39, 0.29) is 12.1 Å². The topological polar surface area (TPSA) is 41.4 Å². The van der Waals surface area contributed by atoms with E-state index in [2.05, 4.69) is 71.1 Å². The number of amides is 2. The zero-order valence-corrected chi connectivity index (χ0v) is 18.5. The Balaban J connectivity index is 1.74. The fourth-order valence-electron chi connectivity index (χ4n) is 4.83. The van der Waals surface area contributed by atoms with E-state index in [0.717, 1.165) is 22.4 Å². The quantitative estimate of drug-likeness (QED) is 0.449. The minimum Gasteiger partial charge on any atom is -0.323 e. The fourth-order valence-corrected chi connectivity index (χ4v) is 4.83. The normalized spacial score (nSPS) is 17.7. The van der Waals surface area contributed by atoms with Gasteiger partial charge in [0.05, 0.1) is 23.6 Å². The van der Waals surface area contributed by atoms with E-state index in [1.165, 1.54) is 5.56 Å². The predicted molar refractivity (Wildman–Crippen MR) is 127 cm³/mol. The lowest BCUT2D eigenvalue weighted by Gasteiger charge is -2.41. The number of urea groups is 1. The molecule has 5 heteroatoms. The highest BCUT2D eigenvalue weighted by Crippen LogP contribution is 2.43. The first-order chi connectivity index (χ1) is 15.5. The Kier molecular flexibility index (Phi) is 4.82. The molecular formula is C27H26N4O. The third-order valence-corrected chi connectivity index (χ3v) is 6.69. The molecule has 1 aliphatic heterocycles. The van der Waals surface area contributed by atoms with Crippen molar-refractivity contribution in [2.75, 3.05) is 19.0 Å². The standard InChI is InChI=1S/C27H26N4O/c1-27(31-17-16-28-19-31,21-12-8-5-9-13-21)22-14-15-24-23(18-22)25(20-10-6-4-7-11-20)30(3)26(32)29(24)2/h4-19,25H,1-3H3. The molecule has 0 radical (unpaired) electrons. The SMILES string of the molecule is CN1C(=O)N(C)C(c2ccccc2)c2cc(C(C)(c3ccccc3)n3ccnc3)ccc21. The number of carbonyl (C=O) groups is 1. The summed E-state index contributed by atoms with van der Waals surface area (Å²) in [6, 6.07) is 27.0. The molecule has 1 aliphatic rings. The number of rotatable bonds is 4. The summed E-state index contributed by atoms with van der Waals surface area (Å²) in [5.74, 6) is 0. The van der Waals surface area contributed by atoms with Gasteiger partial charge in [0.25, 0.3) is 0 Å². The molecule has 0 fully saturated rings. The van der Waals surface area contributed by atoms with Crippen LogP contribution in [0.4, 0.5) is 10.5 Å². The van der Waals surface area contributed by atoms with Gasteiger partial charge >= 0.3 is 6.03 Å². The van der Waals surface area contributed by atoms with Crippen LogP contribution in [0.2, 0.25) is 0 Å². The second-order valence-electron chi connectivity index (χ2n) is 8.45. The van der Waals surface area contributed by atoms with Crippen molar-refractivity contribution in [3.63, 3.8) is 0 Å². The number of hydrogen-bond acceptors (Lipinski definition) is 2. The molecule has 0 spiro atoms. The molecular weight excluding hydrogens is 396 g/mol.